The highest BCUT2D eigenvalue weighted by atomic mass is 16.5. The number of aliphatic hydroxyl groups excluding tert-OH is 2. The molecule has 0 unspecified atom stereocenters. The standard InChI is InChI=1S/C27H38N2O8/c1-5-7-22(32)29(9-6-11-36-16(2)3)20-14-19(27(34)28-8-10-30)23-18-12-17(15-31)13-21(35-4)25(18)37-26(23)24(20)33/h12-16,20,23-24,26,30,33H,5-11H2,1-4H3,(H,28,34)/t20-,23+,24+,26+/m1/s1. The Morgan fingerprint density at radius 1 is 1.30 bits per heavy atom. The lowest BCUT2D eigenvalue weighted by Crippen LogP contribution is -2.56. The summed E-state index contributed by atoms with van der Waals surface area (Å²) < 4.78 is 17.3. The summed E-state index contributed by atoms with van der Waals surface area (Å²) in [6.45, 7) is 6.35. The number of benzene rings is 1. The number of ether oxygens (including phenoxy) is 3. The van der Waals surface area contributed by atoms with E-state index >= 15 is 0 Å². The minimum Gasteiger partial charge on any atom is -0.493 e. The van der Waals surface area contributed by atoms with Crippen molar-refractivity contribution in [3.8, 4) is 11.5 Å². The van der Waals surface area contributed by atoms with Gasteiger partial charge >= 0.3 is 0 Å². The quantitative estimate of drug-likeness (QED) is 0.265. The van der Waals surface area contributed by atoms with Crippen molar-refractivity contribution in [3.63, 3.8) is 0 Å². The molecule has 0 bridgehead atoms. The molecule has 1 heterocycles. The lowest BCUT2D eigenvalue weighted by atomic mass is 9.77. The molecule has 1 aromatic rings. The van der Waals surface area contributed by atoms with Crippen LogP contribution in [0.1, 0.15) is 61.9 Å². The summed E-state index contributed by atoms with van der Waals surface area (Å²) in [5, 5.41) is 23.5. The van der Waals surface area contributed by atoms with E-state index in [4.69, 9.17) is 14.2 Å². The molecule has 204 valence electrons. The van der Waals surface area contributed by atoms with Crippen molar-refractivity contribution >= 4 is 18.1 Å². The van der Waals surface area contributed by atoms with Gasteiger partial charge in [-0.2, -0.15) is 0 Å². The molecule has 10 heteroatoms. The lowest BCUT2D eigenvalue weighted by Gasteiger charge is -2.40. The third-order valence-electron chi connectivity index (χ3n) is 6.55. The largest absolute Gasteiger partial charge is 0.493 e. The number of hydrogen-bond donors (Lipinski definition) is 3. The molecule has 1 aromatic carbocycles. The van der Waals surface area contributed by atoms with Gasteiger partial charge in [-0.1, -0.05) is 6.92 Å². The highest BCUT2D eigenvalue weighted by Gasteiger charge is 2.51. The van der Waals surface area contributed by atoms with Crippen LogP contribution in [0.25, 0.3) is 0 Å². The first-order valence-corrected chi connectivity index (χ1v) is 12.8. The molecule has 1 aliphatic heterocycles. The van der Waals surface area contributed by atoms with Gasteiger partial charge in [-0.15, -0.1) is 0 Å². The number of carbonyl (C=O) groups excluding carboxylic acids is 3. The fraction of sp³-hybridized carbons (Fsp3) is 0.593. The van der Waals surface area contributed by atoms with Gasteiger partial charge in [0.25, 0.3) is 0 Å². The van der Waals surface area contributed by atoms with Crippen LogP contribution in [0.3, 0.4) is 0 Å². The van der Waals surface area contributed by atoms with Gasteiger partial charge in [0.1, 0.15) is 18.5 Å². The molecule has 10 nitrogen and oxygen atoms in total. The Kier molecular flexibility index (Phi) is 10.1. The van der Waals surface area contributed by atoms with E-state index in [0.717, 1.165) is 0 Å². The van der Waals surface area contributed by atoms with Gasteiger partial charge in [-0.3, -0.25) is 14.4 Å². The zero-order valence-corrected chi connectivity index (χ0v) is 21.9. The third kappa shape index (κ3) is 6.31. The van der Waals surface area contributed by atoms with Gasteiger partial charge in [0.15, 0.2) is 11.5 Å². The van der Waals surface area contributed by atoms with Gasteiger partial charge < -0.3 is 34.6 Å². The Morgan fingerprint density at radius 2 is 2.05 bits per heavy atom. The number of nitrogens with zero attached hydrogens (tertiary/aromatic N) is 1. The molecule has 4 atom stereocenters. The predicted octanol–water partition coefficient (Wildman–Crippen LogP) is 1.57. The van der Waals surface area contributed by atoms with Crippen molar-refractivity contribution in [1.29, 1.82) is 0 Å². The average molecular weight is 519 g/mol. The summed E-state index contributed by atoms with van der Waals surface area (Å²) in [7, 11) is 1.45. The first-order chi connectivity index (χ1) is 17.8. The van der Waals surface area contributed by atoms with Crippen LogP contribution in [0, 0.1) is 0 Å². The Balaban J connectivity index is 2.04. The Bertz CT molecular complexity index is 1010. The maximum Gasteiger partial charge on any atom is 0.247 e. The lowest BCUT2D eigenvalue weighted by molar-refractivity contribution is -0.137. The molecule has 2 amide bonds. The highest BCUT2D eigenvalue weighted by molar-refractivity contribution is 5.96. The zero-order chi connectivity index (χ0) is 27.1. The molecule has 3 N–H and O–H groups in total. The number of hydrogen-bond acceptors (Lipinski definition) is 8. The molecular formula is C27H38N2O8. The van der Waals surface area contributed by atoms with Crippen molar-refractivity contribution in [2.75, 3.05) is 33.4 Å². The predicted molar refractivity (Wildman–Crippen MR) is 136 cm³/mol. The Labute approximate surface area is 217 Å². The van der Waals surface area contributed by atoms with E-state index < -0.39 is 30.1 Å². The van der Waals surface area contributed by atoms with Gasteiger partial charge in [0, 0.05) is 42.8 Å². The number of aldehydes is 1. The zero-order valence-electron chi connectivity index (χ0n) is 21.9. The number of aliphatic hydroxyl groups is 2. The van der Waals surface area contributed by atoms with E-state index in [1.54, 1.807) is 17.0 Å². The Hall–Kier alpha value is -2.95. The molecular weight excluding hydrogens is 480 g/mol. The van der Waals surface area contributed by atoms with E-state index in [-0.39, 0.29) is 25.2 Å². The molecule has 0 aromatic heterocycles. The van der Waals surface area contributed by atoms with Crippen LogP contribution in [0.15, 0.2) is 23.8 Å². The summed E-state index contributed by atoms with van der Waals surface area (Å²) in [5.74, 6) is -0.615. The number of rotatable bonds is 13. The SMILES string of the molecule is CCCC(=O)N(CCCOC(C)C)[C@@H]1C=C(C(=O)NCCO)[C@@H]2c3cc(C=O)cc(OC)c3O[C@@H]2[C@H]1O. The normalized spacial score (nSPS) is 22.0. The van der Waals surface area contributed by atoms with E-state index in [1.165, 1.54) is 13.2 Å². The van der Waals surface area contributed by atoms with Crippen LogP contribution >= 0.6 is 0 Å². The first kappa shape index (κ1) is 28.6. The van der Waals surface area contributed by atoms with Gasteiger partial charge in [-0.25, -0.2) is 0 Å². The van der Waals surface area contributed by atoms with Crippen LogP contribution in [0.2, 0.25) is 0 Å². The first-order valence-electron chi connectivity index (χ1n) is 12.8. The van der Waals surface area contributed by atoms with Crippen molar-refractivity contribution in [3.05, 3.63) is 34.9 Å². The van der Waals surface area contributed by atoms with Crippen molar-refractivity contribution in [1.82, 2.24) is 10.2 Å². The van der Waals surface area contributed by atoms with Gasteiger partial charge in [0.2, 0.25) is 11.8 Å². The molecule has 0 spiro atoms. The third-order valence-corrected chi connectivity index (χ3v) is 6.55. The fourth-order valence-electron chi connectivity index (χ4n) is 4.91. The summed E-state index contributed by atoms with van der Waals surface area (Å²) in [6.07, 6.45) is 1.80. The second-order valence-corrected chi connectivity index (χ2v) is 9.51. The van der Waals surface area contributed by atoms with Crippen LogP contribution < -0.4 is 14.8 Å². The number of methoxy groups -OCH3 is 1. The average Bonchev–Trinajstić information content (AvgIpc) is 3.27. The highest BCUT2D eigenvalue weighted by Crippen LogP contribution is 2.51. The molecule has 0 fully saturated rings. The maximum absolute atomic E-state index is 13.3. The van der Waals surface area contributed by atoms with Crippen LogP contribution in [-0.2, 0) is 14.3 Å². The molecule has 2 aliphatic rings. The van der Waals surface area contributed by atoms with Gasteiger partial charge in [-0.05, 0) is 44.9 Å². The summed E-state index contributed by atoms with van der Waals surface area (Å²) in [6, 6.07) is 2.34. The van der Waals surface area contributed by atoms with Crippen LogP contribution in [0.4, 0.5) is 0 Å². The van der Waals surface area contributed by atoms with Crippen LogP contribution in [-0.4, -0.2) is 91.0 Å². The maximum atomic E-state index is 13.3. The van der Waals surface area contributed by atoms with Crippen LogP contribution in [0.5, 0.6) is 11.5 Å². The Morgan fingerprint density at radius 3 is 2.68 bits per heavy atom. The van der Waals surface area contributed by atoms with E-state index in [2.05, 4.69) is 5.32 Å². The molecule has 1 aliphatic carbocycles. The number of nitrogens with one attached hydrogen (secondary N) is 1. The van der Waals surface area contributed by atoms with E-state index in [1.807, 2.05) is 20.8 Å². The van der Waals surface area contributed by atoms with Crippen molar-refractivity contribution in [2.24, 2.45) is 0 Å². The monoisotopic (exact) mass is 518 g/mol. The number of amides is 2. The minimum atomic E-state index is -1.15. The van der Waals surface area contributed by atoms with Crippen molar-refractivity contribution in [2.45, 2.75) is 70.3 Å². The second-order valence-electron chi connectivity index (χ2n) is 9.51. The molecule has 3 rings (SSSR count). The van der Waals surface area contributed by atoms with E-state index in [9.17, 15) is 24.6 Å². The topological polar surface area (TPSA) is 135 Å². The van der Waals surface area contributed by atoms with Crippen molar-refractivity contribution < 1.29 is 38.8 Å². The number of fused-ring (bicyclic) bond motifs is 3. The number of carbonyl (C=O) groups is 3. The fourth-order valence-corrected chi connectivity index (χ4v) is 4.91. The molecule has 0 saturated heterocycles. The minimum absolute atomic E-state index is 0.0389. The van der Waals surface area contributed by atoms with Gasteiger partial charge in [0.05, 0.1) is 31.8 Å². The smallest absolute Gasteiger partial charge is 0.247 e. The summed E-state index contributed by atoms with van der Waals surface area (Å²) in [5.41, 5.74) is 1.19. The molecule has 0 radical (unpaired) electrons. The summed E-state index contributed by atoms with van der Waals surface area (Å²) in [4.78, 5) is 39.6. The second kappa shape index (κ2) is 13.0. The summed E-state index contributed by atoms with van der Waals surface area (Å²) >= 11 is 0. The molecule has 0 saturated carbocycles. The van der Waals surface area contributed by atoms with E-state index in [0.29, 0.717) is 66.9 Å². The molecule has 37 heavy (non-hydrogen) atoms.